The maximum Gasteiger partial charge on any atom is 0.239 e. The Hall–Kier alpha value is -2.69. The van der Waals surface area contributed by atoms with E-state index in [0.717, 1.165) is 27.9 Å². The van der Waals surface area contributed by atoms with Gasteiger partial charge in [0.1, 0.15) is 11.2 Å². The van der Waals surface area contributed by atoms with Gasteiger partial charge in [-0.2, -0.15) is 0 Å². The van der Waals surface area contributed by atoms with Gasteiger partial charge in [0.25, 0.3) is 0 Å². The van der Waals surface area contributed by atoms with E-state index in [4.69, 9.17) is 0 Å². The molecule has 5 heteroatoms. The minimum atomic E-state index is -1.25. The molecule has 0 aliphatic carbocycles. The van der Waals surface area contributed by atoms with Gasteiger partial charge in [0.15, 0.2) is 0 Å². The molecule has 0 saturated carbocycles. The van der Waals surface area contributed by atoms with Gasteiger partial charge in [-0.15, -0.1) is 0 Å². The van der Waals surface area contributed by atoms with Crippen LogP contribution in [0.3, 0.4) is 0 Å². The third-order valence-corrected chi connectivity index (χ3v) is 4.42. The van der Waals surface area contributed by atoms with E-state index in [1.165, 1.54) is 12.1 Å². The lowest BCUT2D eigenvalue weighted by atomic mass is 9.90. The molecule has 138 valence electrons. The van der Waals surface area contributed by atoms with Crippen molar-refractivity contribution in [3.8, 4) is 0 Å². The quantitative estimate of drug-likeness (QED) is 0.795. The zero-order valence-electron chi connectivity index (χ0n) is 15.9. The van der Waals surface area contributed by atoms with Crippen molar-refractivity contribution in [2.45, 2.75) is 41.2 Å². The van der Waals surface area contributed by atoms with E-state index < -0.39 is 5.41 Å². The molecule has 2 aromatic carbocycles. The largest absolute Gasteiger partial charge is 0.351 e. The molecule has 0 radical (unpaired) electrons. The molecular formula is C21H25FN2O2. The van der Waals surface area contributed by atoms with E-state index in [1.54, 1.807) is 26.0 Å². The number of nitrogens with one attached hydrogen (secondary N) is 2. The first-order chi connectivity index (χ1) is 12.1. The summed E-state index contributed by atoms with van der Waals surface area (Å²) >= 11 is 0. The molecule has 0 saturated heterocycles. The molecule has 0 aromatic heterocycles. The number of carbonyl (C=O) groups is 2. The van der Waals surface area contributed by atoms with Crippen molar-refractivity contribution < 1.29 is 14.0 Å². The van der Waals surface area contributed by atoms with E-state index in [2.05, 4.69) is 10.6 Å². The van der Waals surface area contributed by atoms with Gasteiger partial charge in [-0.3, -0.25) is 9.59 Å². The molecule has 0 fully saturated rings. The Morgan fingerprint density at radius 2 is 1.50 bits per heavy atom. The molecule has 0 heterocycles. The topological polar surface area (TPSA) is 58.2 Å². The van der Waals surface area contributed by atoms with Crippen LogP contribution in [-0.4, -0.2) is 11.8 Å². The first-order valence-electron chi connectivity index (χ1n) is 8.53. The van der Waals surface area contributed by atoms with Crippen LogP contribution >= 0.6 is 0 Å². The number of benzene rings is 2. The second-order valence-corrected chi connectivity index (χ2v) is 7.16. The number of rotatable bonds is 5. The Balaban J connectivity index is 2.06. The average molecular weight is 356 g/mol. The number of anilines is 1. The van der Waals surface area contributed by atoms with Crippen LogP contribution < -0.4 is 10.6 Å². The van der Waals surface area contributed by atoms with Crippen LogP contribution in [0.2, 0.25) is 0 Å². The lowest BCUT2D eigenvalue weighted by Gasteiger charge is -2.24. The summed E-state index contributed by atoms with van der Waals surface area (Å²) in [6.45, 7) is 9.26. The maximum absolute atomic E-state index is 12.9. The molecule has 2 N–H and O–H groups in total. The zero-order chi connectivity index (χ0) is 19.5. The third kappa shape index (κ3) is 4.48. The summed E-state index contributed by atoms with van der Waals surface area (Å²) in [7, 11) is 0. The highest BCUT2D eigenvalue weighted by Crippen LogP contribution is 2.25. The molecule has 26 heavy (non-hydrogen) atoms. The molecule has 0 unspecified atom stereocenters. The molecule has 0 bridgehead atoms. The second kappa shape index (κ2) is 7.68. The standard InChI is InChI=1S/C21H25FN2O2/c1-13-10-14(2)18(15(3)11-13)24-20(26)21(4,5)19(25)23-12-16-6-8-17(22)9-7-16/h6-11H,12H2,1-5H3,(H,23,25)(H,24,26). The van der Waals surface area contributed by atoms with Crippen LogP contribution in [-0.2, 0) is 16.1 Å². The number of carbonyl (C=O) groups excluding carboxylic acids is 2. The smallest absolute Gasteiger partial charge is 0.239 e. The van der Waals surface area contributed by atoms with Gasteiger partial charge in [0.05, 0.1) is 0 Å². The number of halogens is 1. The van der Waals surface area contributed by atoms with Gasteiger partial charge in [-0.05, 0) is 63.4 Å². The predicted molar refractivity (Wildman–Crippen MR) is 101 cm³/mol. The van der Waals surface area contributed by atoms with Gasteiger partial charge in [-0.1, -0.05) is 29.8 Å². The molecule has 0 spiro atoms. The molecular weight excluding hydrogens is 331 g/mol. The van der Waals surface area contributed by atoms with Crippen molar-refractivity contribution in [2.75, 3.05) is 5.32 Å². The van der Waals surface area contributed by atoms with Crippen LogP contribution in [0.4, 0.5) is 10.1 Å². The van der Waals surface area contributed by atoms with Gasteiger partial charge in [0, 0.05) is 12.2 Å². The summed E-state index contributed by atoms with van der Waals surface area (Å²) < 4.78 is 12.9. The fraction of sp³-hybridized carbons (Fsp3) is 0.333. The summed E-state index contributed by atoms with van der Waals surface area (Å²) in [5, 5.41) is 5.62. The molecule has 0 aliphatic heterocycles. The lowest BCUT2D eigenvalue weighted by molar-refractivity contribution is -0.138. The van der Waals surface area contributed by atoms with Crippen LogP contribution in [0.1, 0.15) is 36.1 Å². The monoisotopic (exact) mass is 356 g/mol. The Labute approximate surface area is 153 Å². The second-order valence-electron chi connectivity index (χ2n) is 7.16. The van der Waals surface area contributed by atoms with Crippen molar-refractivity contribution in [3.05, 3.63) is 64.5 Å². The van der Waals surface area contributed by atoms with E-state index >= 15 is 0 Å². The Bertz CT molecular complexity index is 803. The van der Waals surface area contributed by atoms with Gasteiger partial charge in [0.2, 0.25) is 11.8 Å². The highest BCUT2D eigenvalue weighted by atomic mass is 19.1. The average Bonchev–Trinajstić information content (AvgIpc) is 2.56. The van der Waals surface area contributed by atoms with Crippen molar-refractivity contribution in [3.63, 3.8) is 0 Å². The summed E-state index contributed by atoms with van der Waals surface area (Å²) in [5.41, 5.74) is 3.29. The predicted octanol–water partition coefficient (Wildman–Crippen LogP) is 4.03. The number of aryl methyl sites for hydroxylation is 3. The molecule has 0 aliphatic rings. The summed E-state index contributed by atoms with van der Waals surface area (Å²) in [5.74, 6) is -1.09. The van der Waals surface area contributed by atoms with E-state index in [-0.39, 0.29) is 24.2 Å². The van der Waals surface area contributed by atoms with Crippen LogP contribution in [0.25, 0.3) is 0 Å². The zero-order valence-corrected chi connectivity index (χ0v) is 15.9. The van der Waals surface area contributed by atoms with E-state index in [0.29, 0.717) is 0 Å². The maximum atomic E-state index is 12.9. The van der Waals surface area contributed by atoms with Crippen molar-refractivity contribution in [2.24, 2.45) is 5.41 Å². The number of hydrogen-bond acceptors (Lipinski definition) is 2. The third-order valence-electron chi connectivity index (χ3n) is 4.42. The molecule has 2 amide bonds. The first kappa shape index (κ1) is 19.6. The Morgan fingerprint density at radius 3 is 2.04 bits per heavy atom. The van der Waals surface area contributed by atoms with E-state index in [1.807, 2.05) is 32.9 Å². The first-order valence-corrected chi connectivity index (χ1v) is 8.53. The van der Waals surface area contributed by atoms with Gasteiger partial charge >= 0.3 is 0 Å². The van der Waals surface area contributed by atoms with Gasteiger partial charge < -0.3 is 10.6 Å². The molecule has 4 nitrogen and oxygen atoms in total. The minimum Gasteiger partial charge on any atom is -0.351 e. The fourth-order valence-corrected chi connectivity index (χ4v) is 2.76. The fourth-order valence-electron chi connectivity index (χ4n) is 2.76. The number of amides is 2. The summed E-state index contributed by atoms with van der Waals surface area (Å²) in [6.07, 6.45) is 0. The summed E-state index contributed by atoms with van der Waals surface area (Å²) in [4.78, 5) is 25.2. The van der Waals surface area contributed by atoms with Crippen molar-refractivity contribution >= 4 is 17.5 Å². The molecule has 2 aromatic rings. The Kier molecular flexibility index (Phi) is 5.80. The summed E-state index contributed by atoms with van der Waals surface area (Å²) in [6, 6.07) is 9.85. The van der Waals surface area contributed by atoms with Crippen molar-refractivity contribution in [1.82, 2.24) is 5.32 Å². The van der Waals surface area contributed by atoms with Gasteiger partial charge in [-0.25, -0.2) is 4.39 Å². The molecule has 0 atom stereocenters. The SMILES string of the molecule is Cc1cc(C)c(NC(=O)C(C)(C)C(=O)NCc2ccc(F)cc2)c(C)c1. The lowest BCUT2D eigenvalue weighted by Crippen LogP contribution is -2.45. The van der Waals surface area contributed by atoms with Crippen LogP contribution in [0.15, 0.2) is 36.4 Å². The number of hydrogen-bond donors (Lipinski definition) is 2. The highest BCUT2D eigenvalue weighted by Gasteiger charge is 2.36. The van der Waals surface area contributed by atoms with E-state index in [9.17, 15) is 14.0 Å². The molecule has 2 rings (SSSR count). The minimum absolute atomic E-state index is 0.235. The normalized spacial score (nSPS) is 11.2. The van der Waals surface area contributed by atoms with Crippen molar-refractivity contribution in [1.29, 1.82) is 0 Å². The van der Waals surface area contributed by atoms with Crippen LogP contribution in [0, 0.1) is 32.0 Å². The highest BCUT2D eigenvalue weighted by molar-refractivity contribution is 6.10. The Morgan fingerprint density at radius 1 is 0.962 bits per heavy atom. The van der Waals surface area contributed by atoms with Crippen LogP contribution in [0.5, 0.6) is 0 Å².